The number of nitrogens with two attached hydrogens (primary N) is 1. The van der Waals surface area contributed by atoms with Gasteiger partial charge in [-0.1, -0.05) is 11.8 Å². The summed E-state index contributed by atoms with van der Waals surface area (Å²) in [4.78, 5) is 15.4. The van der Waals surface area contributed by atoms with Crippen molar-refractivity contribution in [3.05, 3.63) is 5.82 Å². The lowest BCUT2D eigenvalue weighted by molar-refractivity contribution is -0.144. The van der Waals surface area contributed by atoms with Crippen molar-refractivity contribution >= 4 is 29.3 Å². The van der Waals surface area contributed by atoms with E-state index in [0.29, 0.717) is 12.8 Å². The summed E-state index contributed by atoms with van der Waals surface area (Å²) in [5.74, 6) is -0.123. The number of hydrogen-bond acceptors (Lipinski definition) is 6. The Balaban J connectivity index is 2.00. The van der Waals surface area contributed by atoms with Crippen LogP contribution in [-0.4, -0.2) is 31.2 Å². The first-order valence-corrected chi connectivity index (χ1v) is 7.14. The lowest BCUT2D eigenvalue weighted by Crippen LogP contribution is -2.51. The second-order valence-electron chi connectivity index (χ2n) is 4.41. The molecular weight excluding hydrogens is 258 g/mol. The first-order chi connectivity index (χ1) is 7.99. The maximum atomic E-state index is 11.1. The maximum absolute atomic E-state index is 11.1. The van der Waals surface area contributed by atoms with Crippen LogP contribution in [0, 0.1) is 6.92 Å². The van der Waals surface area contributed by atoms with E-state index in [4.69, 9.17) is 10.8 Å². The van der Waals surface area contributed by atoms with Crippen LogP contribution in [0.2, 0.25) is 0 Å². The van der Waals surface area contributed by atoms with E-state index >= 15 is 0 Å². The molecule has 1 aromatic heterocycles. The van der Waals surface area contributed by atoms with Crippen LogP contribution in [0.4, 0.5) is 0 Å². The molecule has 0 aromatic carbocycles. The largest absolute Gasteiger partial charge is 0.480 e. The molecule has 0 bridgehead atoms. The highest BCUT2D eigenvalue weighted by Crippen LogP contribution is 2.37. The van der Waals surface area contributed by atoms with Crippen LogP contribution in [0.15, 0.2) is 4.34 Å². The van der Waals surface area contributed by atoms with E-state index in [1.54, 1.807) is 11.8 Å². The second-order valence-corrected chi connectivity index (χ2v) is 6.70. The number of carboxylic acids is 1. The van der Waals surface area contributed by atoms with Gasteiger partial charge in [0.15, 0.2) is 4.34 Å². The van der Waals surface area contributed by atoms with Crippen LogP contribution in [0.5, 0.6) is 0 Å². The van der Waals surface area contributed by atoms with Crippen molar-refractivity contribution in [3.63, 3.8) is 0 Å². The lowest BCUT2D eigenvalue weighted by Gasteiger charge is -2.33. The van der Waals surface area contributed by atoms with E-state index in [0.717, 1.165) is 23.0 Å². The number of hydrogen-bond donors (Lipinski definition) is 2. The number of aryl methyl sites for hydroxylation is 1. The van der Waals surface area contributed by atoms with Gasteiger partial charge < -0.3 is 10.8 Å². The Morgan fingerprint density at radius 2 is 2.47 bits per heavy atom. The van der Waals surface area contributed by atoms with Gasteiger partial charge in [0.05, 0.1) is 0 Å². The number of thioether (sulfide) groups is 1. The molecule has 17 heavy (non-hydrogen) atoms. The summed E-state index contributed by atoms with van der Waals surface area (Å²) in [6.07, 6.45) is 2.92. The van der Waals surface area contributed by atoms with Crippen LogP contribution < -0.4 is 5.73 Å². The zero-order valence-corrected chi connectivity index (χ0v) is 11.2. The minimum absolute atomic E-state index is 0.234. The number of carboxylic acid groups (broad SMARTS) is 1. The summed E-state index contributed by atoms with van der Waals surface area (Å²) >= 11 is 2.97. The standard InChI is InChI=1S/C10H15N3O2S2/c1-6-12-9(17-13-6)16-7-3-2-4-10(11,5-7)8(14)15/h7H,2-5,11H2,1H3,(H,14,15). The van der Waals surface area contributed by atoms with Crippen LogP contribution in [0.1, 0.15) is 31.5 Å². The molecule has 94 valence electrons. The molecule has 7 heteroatoms. The van der Waals surface area contributed by atoms with E-state index in [-0.39, 0.29) is 5.25 Å². The topological polar surface area (TPSA) is 89.1 Å². The fourth-order valence-electron chi connectivity index (χ4n) is 2.02. The Morgan fingerprint density at radius 1 is 1.71 bits per heavy atom. The minimum atomic E-state index is -1.06. The molecule has 0 aliphatic heterocycles. The molecular formula is C10H15N3O2S2. The third kappa shape index (κ3) is 2.97. The predicted octanol–water partition coefficient (Wildman–Crippen LogP) is 1.66. The predicted molar refractivity (Wildman–Crippen MR) is 67.3 cm³/mol. The Kier molecular flexibility index (Phi) is 3.70. The van der Waals surface area contributed by atoms with E-state index in [9.17, 15) is 4.79 Å². The minimum Gasteiger partial charge on any atom is -0.480 e. The van der Waals surface area contributed by atoms with Crippen molar-refractivity contribution in [1.29, 1.82) is 0 Å². The Morgan fingerprint density at radius 3 is 3.06 bits per heavy atom. The maximum Gasteiger partial charge on any atom is 0.323 e. The third-order valence-electron chi connectivity index (χ3n) is 2.94. The number of aromatic nitrogens is 2. The molecule has 1 aliphatic rings. The average molecular weight is 273 g/mol. The Bertz CT molecular complexity index is 423. The zero-order valence-electron chi connectivity index (χ0n) is 9.55. The molecule has 0 saturated heterocycles. The summed E-state index contributed by atoms with van der Waals surface area (Å²) in [7, 11) is 0. The first kappa shape index (κ1) is 12.8. The van der Waals surface area contributed by atoms with Gasteiger partial charge in [0, 0.05) is 5.25 Å². The number of aliphatic carboxylic acids is 1. The van der Waals surface area contributed by atoms with Gasteiger partial charge in [-0.25, -0.2) is 4.98 Å². The molecule has 2 rings (SSSR count). The summed E-state index contributed by atoms with van der Waals surface area (Å²) < 4.78 is 5.02. The van der Waals surface area contributed by atoms with E-state index in [1.165, 1.54) is 11.5 Å². The number of carbonyl (C=O) groups is 1. The van der Waals surface area contributed by atoms with Crippen molar-refractivity contribution in [2.45, 2.75) is 47.7 Å². The normalized spacial score (nSPS) is 29.2. The molecule has 1 heterocycles. The van der Waals surface area contributed by atoms with Crippen molar-refractivity contribution in [2.75, 3.05) is 0 Å². The first-order valence-electron chi connectivity index (χ1n) is 5.49. The van der Waals surface area contributed by atoms with Gasteiger partial charge in [0.2, 0.25) is 0 Å². The van der Waals surface area contributed by atoms with E-state index < -0.39 is 11.5 Å². The molecule has 1 aromatic rings. The number of nitrogens with zero attached hydrogens (tertiary/aromatic N) is 2. The molecule has 2 atom stereocenters. The molecule has 1 fully saturated rings. The van der Waals surface area contributed by atoms with Crippen molar-refractivity contribution in [2.24, 2.45) is 5.73 Å². The van der Waals surface area contributed by atoms with Crippen LogP contribution in [-0.2, 0) is 4.79 Å². The van der Waals surface area contributed by atoms with Crippen LogP contribution in [0.25, 0.3) is 0 Å². The molecule has 0 radical (unpaired) electrons. The lowest BCUT2D eigenvalue weighted by atomic mass is 9.82. The molecule has 1 aliphatic carbocycles. The average Bonchev–Trinajstić information content (AvgIpc) is 2.64. The summed E-state index contributed by atoms with van der Waals surface area (Å²) in [6, 6.07) is 0. The van der Waals surface area contributed by atoms with Crippen LogP contribution >= 0.6 is 23.3 Å². The van der Waals surface area contributed by atoms with Gasteiger partial charge in [-0.05, 0) is 44.1 Å². The fourth-order valence-corrected chi connectivity index (χ4v) is 4.27. The molecule has 0 spiro atoms. The molecule has 3 N–H and O–H groups in total. The molecule has 0 amide bonds. The number of rotatable bonds is 3. The molecule has 2 unspecified atom stereocenters. The smallest absolute Gasteiger partial charge is 0.323 e. The van der Waals surface area contributed by atoms with Gasteiger partial charge >= 0.3 is 5.97 Å². The summed E-state index contributed by atoms with van der Waals surface area (Å²) in [5.41, 5.74) is 4.85. The second kappa shape index (κ2) is 4.91. The highest BCUT2D eigenvalue weighted by molar-refractivity contribution is 8.01. The van der Waals surface area contributed by atoms with Gasteiger partial charge in [-0.2, -0.15) is 4.37 Å². The summed E-state index contributed by atoms with van der Waals surface area (Å²) in [5, 5.41) is 9.36. The quantitative estimate of drug-likeness (QED) is 0.870. The monoisotopic (exact) mass is 273 g/mol. The van der Waals surface area contributed by atoms with Gasteiger partial charge in [0.25, 0.3) is 0 Å². The van der Waals surface area contributed by atoms with Gasteiger partial charge in [-0.3, -0.25) is 4.79 Å². The Hall–Kier alpha value is -0.660. The Labute approximate surface area is 108 Å². The van der Waals surface area contributed by atoms with Gasteiger partial charge in [-0.15, -0.1) is 0 Å². The highest BCUT2D eigenvalue weighted by atomic mass is 32.2. The SMILES string of the molecule is Cc1nsc(SC2CCCC(N)(C(=O)O)C2)n1. The third-order valence-corrected chi connectivity index (χ3v) is 5.09. The van der Waals surface area contributed by atoms with Gasteiger partial charge in [0.1, 0.15) is 11.4 Å². The fraction of sp³-hybridized carbons (Fsp3) is 0.700. The molecule has 1 saturated carbocycles. The summed E-state index contributed by atoms with van der Waals surface area (Å²) in [6.45, 7) is 1.85. The van der Waals surface area contributed by atoms with Crippen molar-refractivity contribution in [3.8, 4) is 0 Å². The van der Waals surface area contributed by atoms with Crippen molar-refractivity contribution in [1.82, 2.24) is 9.36 Å². The molecule has 5 nitrogen and oxygen atoms in total. The van der Waals surface area contributed by atoms with E-state index in [2.05, 4.69) is 9.36 Å². The highest BCUT2D eigenvalue weighted by Gasteiger charge is 2.39. The van der Waals surface area contributed by atoms with Crippen molar-refractivity contribution < 1.29 is 9.90 Å². The van der Waals surface area contributed by atoms with Crippen LogP contribution in [0.3, 0.4) is 0 Å². The van der Waals surface area contributed by atoms with E-state index in [1.807, 2.05) is 6.92 Å². The zero-order chi connectivity index (χ0) is 12.5.